The Kier molecular flexibility index (Phi) is 4.62. The predicted octanol–water partition coefficient (Wildman–Crippen LogP) is 2.50. The molecule has 0 radical (unpaired) electrons. The number of rotatable bonds is 4. The van der Waals surface area contributed by atoms with Crippen LogP contribution in [0.15, 0.2) is 41.0 Å². The van der Waals surface area contributed by atoms with Gasteiger partial charge in [0.1, 0.15) is 12.4 Å². The minimum atomic E-state index is -0.276. The molecular weight excluding hydrogens is 294 g/mol. The molecule has 0 bridgehead atoms. The lowest BCUT2D eigenvalue weighted by Gasteiger charge is -2.33. The van der Waals surface area contributed by atoms with Crippen molar-refractivity contribution >= 4 is 12.0 Å². The van der Waals surface area contributed by atoms with Gasteiger partial charge in [0.25, 0.3) is 0 Å². The first-order chi connectivity index (χ1) is 11.2. The van der Waals surface area contributed by atoms with Gasteiger partial charge in [-0.1, -0.05) is 5.57 Å². The molecule has 1 unspecified atom stereocenters. The van der Waals surface area contributed by atoms with E-state index in [1.165, 1.54) is 18.2 Å². The first kappa shape index (κ1) is 15.6. The maximum Gasteiger partial charge on any atom is 0.325 e. The molecule has 0 spiro atoms. The van der Waals surface area contributed by atoms with Gasteiger partial charge in [-0.3, -0.25) is 9.69 Å². The molecule has 3 rings (SSSR count). The van der Waals surface area contributed by atoms with E-state index in [0.29, 0.717) is 6.04 Å². The molecule has 1 aliphatic rings. The van der Waals surface area contributed by atoms with Gasteiger partial charge in [-0.15, -0.1) is 0 Å². The Hall–Kier alpha value is -2.34. The average Bonchev–Trinajstić information content (AvgIpc) is 3.21. The Morgan fingerprint density at radius 3 is 3.17 bits per heavy atom. The largest absolute Gasteiger partial charge is 0.472 e. The molecule has 6 heteroatoms. The first-order valence-electron chi connectivity index (χ1n) is 7.67. The smallest absolute Gasteiger partial charge is 0.325 e. The van der Waals surface area contributed by atoms with Gasteiger partial charge in [0.2, 0.25) is 0 Å². The number of esters is 1. The van der Waals surface area contributed by atoms with Gasteiger partial charge in [0, 0.05) is 30.5 Å². The highest BCUT2D eigenvalue weighted by molar-refractivity contribution is 5.69. The number of hydrogen-bond donors (Lipinski definition) is 0. The van der Waals surface area contributed by atoms with Crippen molar-refractivity contribution in [3.8, 4) is 0 Å². The lowest BCUT2D eigenvalue weighted by molar-refractivity contribution is -0.141. The van der Waals surface area contributed by atoms with E-state index in [9.17, 15) is 4.79 Å². The fourth-order valence-corrected chi connectivity index (χ4v) is 2.93. The quantitative estimate of drug-likeness (QED) is 0.811. The van der Waals surface area contributed by atoms with Crippen LogP contribution >= 0.6 is 0 Å². The van der Waals surface area contributed by atoms with Crippen molar-refractivity contribution in [2.24, 2.45) is 0 Å². The van der Waals surface area contributed by atoms with Gasteiger partial charge >= 0.3 is 5.97 Å². The van der Waals surface area contributed by atoms with Crippen molar-refractivity contribution in [2.45, 2.75) is 25.4 Å². The molecule has 1 saturated heterocycles. The van der Waals surface area contributed by atoms with Gasteiger partial charge in [-0.2, -0.15) is 0 Å². The second kappa shape index (κ2) is 6.83. The number of hydrogen-bond acceptors (Lipinski definition) is 5. The van der Waals surface area contributed by atoms with Crippen LogP contribution in [-0.4, -0.2) is 41.1 Å². The summed E-state index contributed by atoms with van der Waals surface area (Å²) in [7, 11) is 3.52. The van der Waals surface area contributed by atoms with Crippen molar-refractivity contribution < 1.29 is 13.9 Å². The zero-order valence-corrected chi connectivity index (χ0v) is 13.4. The number of carbonyl (C=O) groups excluding carboxylic acids is 1. The lowest BCUT2D eigenvalue weighted by Crippen LogP contribution is -2.30. The monoisotopic (exact) mass is 315 g/mol. The molecule has 1 fully saturated rings. The number of likely N-dealkylation sites (tertiary alicyclic amines) is 1. The Bertz CT molecular complexity index is 688. The first-order valence-corrected chi connectivity index (χ1v) is 7.67. The van der Waals surface area contributed by atoms with Crippen LogP contribution in [0.1, 0.15) is 30.3 Å². The van der Waals surface area contributed by atoms with E-state index in [0.717, 1.165) is 25.2 Å². The van der Waals surface area contributed by atoms with E-state index in [2.05, 4.69) is 23.0 Å². The minimum Gasteiger partial charge on any atom is -0.472 e. The third kappa shape index (κ3) is 3.53. The summed E-state index contributed by atoms with van der Waals surface area (Å²) in [6, 6.07) is 2.33. The van der Waals surface area contributed by atoms with Gasteiger partial charge in [0.15, 0.2) is 0 Å². The number of aromatic nitrogens is 2. The third-order valence-corrected chi connectivity index (χ3v) is 4.31. The van der Waals surface area contributed by atoms with Crippen molar-refractivity contribution in [1.29, 1.82) is 0 Å². The summed E-state index contributed by atoms with van der Waals surface area (Å²) in [5, 5.41) is 0. The molecule has 122 valence electrons. The van der Waals surface area contributed by atoms with E-state index < -0.39 is 0 Å². The number of furan rings is 1. The van der Waals surface area contributed by atoms with Crippen LogP contribution < -0.4 is 0 Å². The summed E-state index contributed by atoms with van der Waals surface area (Å²) in [6.07, 6.45) is 11.0. The van der Waals surface area contributed by atoms with Gasteiger partial charge in [-0.25, -0.2) is 4.98 Å². The Balaban J connectivity index is 1.78. The summed E-state index contributed by atoms with van der Waals surface area (Å²) < 4.78 is 11.8. The molecule has 2 aromatic rings. The number of carbonyl (C=O) groups is 1. The average molecular weight is 315 g/mol. The van der Waals surface area contributed by atoms with Crippen molar-refractivity contribution in [3.63, 3.8) is 0 Å². The van der Waals surface area contributed by atoms with Crippen molar-refractivity contribution in [1.82, 2.24) is 14.5 Å². The summed E-state index contributed by atoms with van der Waals surface area (Å²) in [5.74, 6) is 0.517. The topological polar surface area (TPSA) is 60.5 Å². The lowest BCUT2D eigenvalue weighted by atomic mass is 9.93. The van der Waals surface area contributed by atoms with E-state index in [4.69, 9.17) is 9.15 Å². The van der Waals surface area contributed by atoms with Gasteiger partial charge in [-0.05, 0) is 32.0 Å². The standard InChI is InChI=1S/C17H21N3O3/c1-19-6-3-13(9-15(19)14-4-8-23-12-14)10-16-18-5-7-20(16)11-17(21)22-2/h4-5,7-8,10,12,15H,3,6,9,11H2,1-2H3. The highest BCUT2D eigenvalue weighted by Crippen LogP contribution is 2.33. The van der Waals surface area contributed by atoms with E-state index in [-0.39, 0.29) is 12.5 Å². The molecule has 0 saturated carbocycles. The van der Waals surface area contributed by atoms with Gasteiger partial charge < -0.3 is 13.7 Å². The third-order valence-electron chi connectivity index (χ3n) is 4.31. The molecule has 1 atom stereocenters. The van der Waals surface area contributed by atoms with Crippen LogP contribution in [0.3, 0.4) is 0 Å². The van der Waals surface area contributed by atoms with E-state index in [1.54, 1.807) is 18.7 Å². The summed E-state index contributed by atoms with van der Waals surface area (Å²) in [4.78, 5) is 18.2. The van der Waals surface area contributed by atoms with Crippen LogP contribution in [-0.2, 0) is 16.1 Å². The molecule has 0 amide bonds. The molecule has 0 aliphatic carbocycles. The Morgan fingerprint density at radius 1 is 1.57 bits per heavy atom. The molecule has 3 heterocycles. The maximum atomic E-state index is 11.5. The predicted molar refractivity (Wildman–Crippen MR) is 85.5 cm³/mol. The Morgan fingerprint density at radius 2 is 2.43 bits per heavy atom. The Labute approximate surface area is 135 Å². The normalized spacial score (nSPS) is 20.8. The molecule has 23 heavy (non-hydrogen) atoms. The molecule has 0 N–H and O–H groups in total. The van der Waals surface area contributed by atoms with Crippen LogP contribution in [0.5, 0.6) is 0 Å². The van der Waals surface area contributed by atoms with Crippen LogP contribution in [0, 0.1) is 0 Å². The SMILES string of the molecule is COC(=O)Cn1ccnc1C=C1CCN(C)C(c2ccoc2)C1. The van der Waals surface area contributed by atoms with Gasteiger partial charge in [0.05, 0.1) is 19.6 Å². The fourth-order valence-electron chi connectivity index (χ4n) is 2.93. The number of nitrogens with zero attached hydrogens (tertiary/aromatic N) is 3. The zero-order chi connectivity index (χ0) is 16.2. The second-order valence-corrected chi connectivity index (χ2v) is 5.80. The summed E-state index contributed by atoms with van der Waals surface area (Å²) in [5.41, 5.74) is 2.52. The minimum absolute atomic E-state index is 0.181. The highest BCUT2D eigenvalue weighted by atomic mass is 16.5. The van der Waals surface area contributed by atoms with E-state index >= 15 is 0 Å². The number of imidazole rings is 1. The molecule has 0 aromatic carbocycles. The summed E-state index contributed by atoms with van der Waals surface area (Å²) >= 11 is 0. The second-order valence-electron chi connectivity index (χ2n) is 5.80. The van der Waals surface area contributed by atoms with Crippen LogP contribution in [0.25, 0.3) is 6.08 Å². The zero-order valence-electron chi connectivity index (χ0n) is 13.4. The van der Waals surface area contributed by atoms with Crippen LogP contribution in [0.4, 0.5) is 0 Å². The molecule has 1 aliphatic heterocycles. The van der Waals surface area contributed by atoms with Crippen molar-refractivity contribution in [2.75, 3.05) is 20.7 Å². The molecular formula is C17H21N3O3. The number of methoxy groups -OCH3 is 1. The number of piperidine rings is 1. The molecule has 6 nitrogen and oxygen atoms in total. The van der Waals surface area contributed by atoms with E-state index in [1.807, 2.05) is 16.9 Å². The number of ether oxygens (including phenoxy) is 1. The van der Waals surface area contributed by atoms with Crippen molar-refractivity contribution in [3.05, 3.63) is 47.9 Å². The highest BCUT2D eigenvalue weighted by Gasteiger charge is 2.24. The fraction of sp³-hybridized carbons (Fsp3) is 0.412. The summed E-state index contributed by atoms with van der Waals surface area (Å²) in [6.45, 7) is 1.17. The molecule has 2 aromatic heterocycles. The van der Waals surface area contributed by atoms with Crippen LogP contribution in [0.2, 0.25) is 0 Å². The maximum absolute atomic E-state index is 11.5.